The molecule has 3 N–H and O–H groups in total. The summed E-state index contributed by atoms with van der Waals surface area (Å²) in [7, 11) is -5.14. The number of carbonyl (C=O) groups is 2. The second-order valence-electron chi connectivity index (χ2n) is 2.00. The Morgan fingerprint density at radius 2 is 1.00 bits per heavy atom. The molecule has 0 aromatic rings. The van der Waals surface area contributed by atoms with Crippen molar-refractivity contribution in [2.24, 2.45) is 0 Å². The molecule has 15 heteroatoms. The first-order chi connectivity index (χ1) is 6.46. The van der Waals surface area contributed by atoms with Crippen LogP contribution in [0.5, 0.6) is 0 Å². The largest absolute Gasteiger partial charge is 1.00 e. The number of hydrogen-bond acceptors (Lipinski definition) is 9. The maximum atomic E-state index is 9.63. The molecule has 2 unspecified atom stereocenters. The van der Waals surface area contributed by atoms with E-state index in [1.54, 1.807) is 0 Å². The van der Waals surface area contributed by atoms with Gasteiger partial charge in [-0.05, 0) is 0 Å². The normalized spacial score (nSPS) is 11.4. The molecule has 0 saturated carbocycles. The molecule has 0 aliphatic heterocycles. The molecule has 0 aliphatic rings. The molecular weight excluding hydrogens is 347 g/mol. The first kappa shape index (κ1) is 38.3. The monoisotopic (exact) mass is 352 g/mol. The van der Waals surface area contributed by atoms with E-state index in [1.165, 1.54) is 0 Å². The van der Waals surface area contributed by atoms with Gasteiger partial charge in [0.25, 0.3) is 0 Å². The summed E-state index contributed by atoms with van der Waals surface area (Å²) in [6, 6.07) is 0. The number of phosphoric acid groups is 1. The Balaban J connectivity index is -0.0000000418. The van der Waals surface area contributed by atoms with Gasteiger partial charge in [-0.1, -0.05) is 0 Å². The number of carbonyl (C=O) groups excluding carboxylic acids is 2. The number of rotatable bonds is 3. The van der Waals surface area contributed by atoms with Crippen molar-refractivity contribution in [3.63, 3.8) is 0 Å². The van der Waals surface area contributed by atoms with Crippen molar-refractivity contribution in [3.05, 3.63) is 0 Å². The van der Waals surface area contributed by atoms with Gasteiger partial charge in [-0.25, -0.2) is 0 Å². The maximum absolute atomic E-state index is 9.63. The third-order valence-electron chi connectivity index (χ3n) is 0.782. The predicted octanol–water partition coefficient (Wildman–Crippen LogP) is -19.0. The van der Waals surface area contributed by atoms with Crippen LogP contribution in [0.15, 0.2) is 0 Å². The minimum Gasteiger partial charge on any atom is -0.790 e. The van der Waals surface area contributed by atoms with E-state index in [-0.39, 0.29) is 140 Å². The van der Waals surface area contributed by atoms with Crippen LogP contribution in [0.3, 0.4) is 0 Å². The summed E-state index contributed by atoms with van der Waals surface area (Å²) in [5, 5.41) is 35.7. The van der Waals surface area contributed by atoms with Gasteiger partial charge in [0.05, 0.1) is 19.8 Å². The van der Waals surface area contributed by atoms with E-state index in [2.05, 4.69) is 0 Å². The average molecular weight is 352 g/mol. The van der Waals surface area contributed by atoms with Crippen molar-refractivity contribution >= 4 is 19.8 Å². The van der Waals surface area contributed by atoms with Gasteiger partial charge in [-0.2, -0.15) is 0 Å². The second-order valence-corrected chi connectivity index (χ2v) is 2.93. The number of aliphatic hydroxyl groups excluding tert-OH is 2. The molecule has 0 heterocycles. The summed E-state index contributed by atoms with van der Waals surface area (Å²) in [5.41, 5.74) is 0. The topological polar surface area (TPSA) is 204 Å². The molecule has 2 atom stereocenters. The standard InChI is InChI=1S/C4H6O6.K.3Na.H3O4P/c5-1(3(7)8)2(6)4(9)10;;;;;1-5(2,3)4/h1-2,5-6H,(H,7,8)(H,9,10);;;;;(H3,1,2,3,4)/q;4*+1;/p-4. The zero-order chi connectivity index (χ0) is 12.8. The van der Waals surface area contributed by atoms with Crippen LogP contribution in [0, 0.1) is 0 Å². The number of aliphatic hydroxyl groups is 2. The molecule has 10 nitrogen and oxygen atoms in total. The third-order valence-corrected chi connectivity index (χ3v) is 0.782. The predicted molar refractivity (Wildman–Crippen MR) is 31.9 cm³/mol. The van der Waals surface area contributed by atoms with E-state index in [4.69, 9.17) is 29.5 Å². The van der Waals surface area contributed by atoms with Crippen molar-refractivity contribution in [2.45, 2.75) is 12.2 Å². The van der Waals surface area contributed by atoms with Crippen molar-refractivity contribution in [1.82, 2.24) is 0 Å². The van der Waals surface area contributed by atoms with Gasteiger partial charge < -0.3 is 49.3 Å². The molecule has 0 spiro atoms. The Labute approximate surface area is 216 Å². The van der Waals surface area contributed by atoms with E-state index >= 15 is 0 Å². The van der Waals surface area contributed by atoms with Crippen LogP contribution in [0.4, 0.5) is 0 Å². The van der Waals surface area contributed by atoms with E-state index in [0.717, 1.165) is 0 Å². The smallest absolute Gasteiger partial charge is 0.790 e. The number of aliphatic carboxylic acids is 2. The molecule has 0 aliphatic carbocycles. The van der Waals surface area contributed by atoms with Crippen LogP contribution >= 0.6 is 7.82 Å². The van der Waals surface area contributed by atoms with E-state index in [9.17, 15) is 19.8 Å². The first-order valence-corrected chi connectivity index (χ1v) is 4.49. The third kappa shape index (κ3) is 34.1. The quantitative estimate of drug-likeness (QED) is 0.323. The maximum Gasteiger partial charge on any atom is 1.00 e. The molecule has 0 fully saturated rings. The van der Waals surface area contributed by atoms with Gasteiger partial charge in [0.2, 0.25) is 0 Å². The number of carboxylic acids is 2. The summed E-state index contributed by atoms with van der Waals surface area (Å²) in [5.74, 6) is -4.12. The van der Waals surface area contributed by atoms with Crippen molar-refractivity contribution in [3.8, 4) is 0 Å². The van der Waals surface area contributed by atoms with Crippen LogP contribution < -0.4 is 160 Å². The molecule has 0 bridgehead atoms. The van der Waals surface area contributed by atoms with Crippen LogP contribution in [0.2, 0.25) is 0 Å². The average Bonchev–Trinajstić information content (AvgIpc) is 1.98. The molecule has 0 saturated heterocycles. The van der Waals surface area contributed by atoms with E-state index in [0.29, 0.717) is 0 Å². The fourth-order valence-electron chi connectivity index (χ4n) is 0.258. The molecule has 0 radical (unpaired) electrons. The van der Waals surface area contributed by atoms with Gasteiger partial charge in [-0.3, -0.25) is 0 Å². The second kappa shape index (κ2) is 19.7. The van der Waals surface area contributed by atoms with Crippen molar-refractivity contribution < 1.29 is 189 Å². The van der Waals surface area contributed by atoms with Gasteiger partial charge in [0.1, 0.15) is 12.2 Å². The van der Waals surface area contributed by atoms with Gasteiger partial charge >= 0.3 is 140 Å². The van der Waals surface area contributed by atoms with Crippen LogP contribution in [0.25, 0.3) is 0 Å². The SMILES string of the molecule is O=C([O-])C(O)C(O)C(=O)[O-].O=P([O-])([O-])O.[K+].[Na+].[Na+].[Na+]. The van der Waals surface area contributed by atoms with Crippen LogP contribution in [-0.4, -0.2) is 39.3 Å². The Bertz CT molecular complexity index is 258. The Hall–Kier alpha value is 3.61. The van der Waals surface area contributed by atoms with Crippen LogP contribution in [0.1, 0.15) is 0 Å². The van der Waals surface area contributed by atoms with Crippen molar-refractivity contribution in [1.29, 1.82) is 0 Å². The molecule has 0 rings (SSSR count). The minimum atomic E-state index is -5.14. The fourth-order valence-corrected chi connectivity index (χ4v) is 0.258. The van der Waals surface area contributed by atoms with Crippen LogP contribution in [-0.2, 0) is 14.2 Å². The Morgan fingerprint density at radius 3 is 1.05 bits per heavy atom. The Kier molecular flexibility index (Phi) is 39.6. The van der Waals surface area contributed by atoms with Gasteiger partial charge in [-0.15, -0.1) is 0 Å². The summed E-state index contributed by atoms with van der Waals surface area (Å²) < 4.78 is 8.66. The zero-order valence-corrected chi connectivity index (χ0v) is 20.8. The first-order valence-electron chi connectivity index (χ1n) is 2.99. The summed E-state index contributed by atoms with van der Waals surface area (Å²) in [6.07, 6.45) is -4.88. The Morgan fingerprint density at radius 1 is 0.895 bits per heavy atom. The number of hydrogen-bond donors (Lipinski definition) is 3. The molecule has 0 aromatic heterocycles. The minimum absolute atomic E-state index is 0. The van der Waals surface area contributed by atoms with E-state index < -0.39 is 32.0 Å². The molecule has 0 aromatic carbocycles. The zero-order valence-electron chi connectivity index (χ0n) is 10.8. The molecule has 19 heavy (non-hydrogen) atoms. The number of carboxylic acid groups (broad SMARTS) is 2. The summed E-state index contributed by atoms with van der Waals surface area (Å²) >= 11 is 0. The summed E-state index contributed by atoms with van der Waals surface area (Å²) in [4.78, 5) is 43.6. The summed E-state index contributed by atoms with van der Waals surface area (Å²) in [6.45, 7) is 0. The van der Waals surface area contributed by atoms with Crippen molar-refractivity contribution in [2.75, 3.05) is 0 Å². The van der Waals surface area contributed by atoms with Gasteiger partial charge in [0.15, 0.2) is 0 Å². The van der Waals surface area contributed by atoms with E-state index in [1.807, 2.05) is 0 Å². The van der Waals surface area contributed by atoms with Gasteiger partial charge in [0, 0.05) is 0 Å². The molecular formula is C4H5KNa3O10P. The molecule has 90 valence electrons. The fraction of sp³-hybridized carbons (Fsp3) is 0.500. The molecule has 0 amide bonds.